The zero-order valence-corrected chi connectivity index (χ0v) is 23.2. The van der Waals surface area contributed by atoms with Crippen molar-refractivity contribution in [2.45, 2.75) is 59.6 Å². The third-order valence-corrected chi connectivity index (χ3v) is 5.31. The molecule has 0 spiro atoms. The Morgan fingerprint density at radius 3 is 2.43 bits per heavy atom. The van der Waals surface area contributed by atoms with E-state index < -0.39 is 23.5 Å². The summed E-state index contributed by atoms with van der Waals surface area (Å²) in [4.78, 5) is 25.2. The van der Waals surface area contributed by atoms with Crippen LogP contribution in [0.25, 0.3) is 6.08 Å². The third kappa shape index (κ3) is 13.0. The highest BCUT2D eigenvalue weighted by molar-refractivity contribution is 6.29. The van der Waals surface area contributed by atoms with Gasteiger partial charge in [-0.05, 0) is 56.0 Å². The Kier molecular flexibility index (Phi) is 13.5. The highest BCUT2D eigenvalue weighted by Gasteiger charge is 2.31. The number of hydrogen-bond donors (Lipinski definition) is 4. The van der Waals surface area contributed by atoms with Crippen LogP contribution in [0.4, 0.5) is 0 Å². The summed E-state index contributed by atoms with van der Waals surface area (Å²) in [5, 5.41) is 25.7. The topological polar surface area (TPSA) is 108 Å². The van der Waals surface area contributed by atoms with Gasteiger partial charge in [-0.2, -0.15) is 0 Å². The van der Waals surface area contributed by atoms with Gasteiger partial charge in [-0.1, -0.05) is 80.5 Å². The van der Waals surface area contributed by atoms with E-state index in [9.17, 15) is 19.8 Å². The predicted octanol–water partition coefficient (Wildman–Crippen LogP) is 5.36. The lowest BCUT2D eigenvalue weighted by Gasteiger charge is -2.29. The van der Waals surface area contributed by atoms with Crippen LogP contribution in [-0.2, 0) is 9.59 Å². The monoisotopic (exact) mass is 530 g/mol. The van der Waals surface area contributed by atoms with Crippen molar-refractivity contribution < 1.29 is 24.5 Å². The smallest absolute Gasteiger partial charge is 0.247 e. The number of phenols is 1. The highest BCUT2D eigenvalue weighted by Crippen LogP contribution is 2.27. The Morgan fingerprint density at radius 1 is 1.14 bits per heavy atom. The quantitative estimate of drug-likeness (QED) is 0.215. The summed E-state index contributed by atoms with van der Waals surface area (Å²) in [6.45, 7) is 9.24. The number of halogens is 1. The Hall–Kier alpha value is -3.29. The number of amides is 2. The average molecular weight is 531 g/mol. The molecular formula is C29H39ClN2O5. The summed E-state index contributed by atoms with van der Waals surface area (Å²) in [6, 6.07) is 4.29. The fourth-order valence-electron chi connectivity index (χ4n) is 3.16. The van der Waals surface area contributed by atoms with Crippen LogP contribution in [0.5, 0.6) is 11.5 Å². The van der Waals surface area contributed by atoms with Gasteiger partial charge < -0.3 is 25.6 Å². The van der Waals surface area contributed by atoms with Gasteiger partial charge in [0.1, 0.15) is 6.04 Å². The molecule has 0 aliphatic rings. The first-order valence-electron chi connectivity index (χ1n) is 12.0. The van der Waals surface area contributed by atoms with Crippen molar-refractivity contribution in [3.8, 4) is 11.5 Å². The molecule has 0 aliphatic carbocycles. The number of hydrogen-bond acceptors (Lipinski definition) is 5. The molecule has 0 radical (unpaired) electrons. The first kappa shape index (κ1) is 31.7. The Bertz CT molecular complexity index is 1060. The maximum absolute atomic E-state index is 12.7. The molecular weight excluding hydrogens is 492 g/mol. The van der Waals surface area contributed by atoms with Gasteiger partial charge in [-0.3, -0.25) is 9.59 Å². The molecule has 1 aromatic carbocycles. The SMILES string of the molecule is COc1cc(/C=C(C)/C=C\C=C/C(=O)N[C@H](C(=O)N/C=C\C[C@@H](O)C/C=C(\C)Cl)C(C)(C)C)ccc1O. The fraction of sp³-hybridized carbons (Fsp3) is 0.379. The van der Waals surface area contributed by atoms with Gasteiger partial charge in [-0.25, -0.2) is 0 Å². The predicted molar refractivity (Wildman–Crippen MR) is 150 cm³/mol. The number of methoxy groups -OCH3 is 1. The molecule has 0 aromatic heterocycles. The number of benzene rings is 1. The first-order chi connectivity index (χ1) is 17.3. The number of aromatic hydroxyl groups is 1. The van der Waals surface area contributed by atoms with Gasteiger partial charge in [0.05, 0.1) is 13.2 Å². The third-order valence-electron chi connectivity index (χ3n) is 5.15. The lowest BCUT2D eigenvalue weighted by atomic mass is 9.86. The number of aliphatic hydroxyl groups is 1. The second-order valence-corrected chi connectivity index (χ2v) is 10.3. The van der Waals surface area contributed by atoms with Crippen LogP contribution in [0.1, 0.15) is 53.0 Å². The molecule has 1 aromatic rings. The zero-order valence-electron chi connectivity index (χ0n) is 22.4. The summed E-state index contributed by atoms with van der Waals surface area (Å²) in [5.74, 6) is -0.283. The molecule has 0 saturated carbocycles. The number of carbonyl (C=O) groups is 2. The van der Waals surface area contributed by atoms with Crippen molar-refractivity contribution >= 4 is 29.5 Å². The second-order valence-electron chi connectivity index (χ2n) is 9.67. The van der Waals surface area contributed by atoms with Crippen LogP contribution in [0.2, 0.25) is 0 Å². The summed E-state index contributed by atoms with van der Waals surface area (Å²) in [7, 11) is 1.49. The molecule has 0 aliphatic heterocycles. The van der Waals surface area contributed by atoms with Gasteiger partial charge in [0.25, 0.3) is 0 Å². The molecule has 2 amide bonds. The molecule has 37 heavy (non-hydrogen) atoms. The number of allylic oxidation sites excluding steroid dienone is 5. The lowest BCUT2D eigenvalue weighted by Crippen LogP contribution is -2.52. The summed E-state index contributed by atoms with van der Waals surface area (Å²) < 4.78 is 5.12. The Morgan fingerprint density at radius 2 is 1.81 bits per heavy atom. The average Bonchev–Trinajstić information content (AvgIpc) is 2.82. The van der Waals surface area contributed by atoms with Crippen LogP contribution >= 0.6 is 11.6 Å². The summed E-state index contributed by atoms with van der Waals surface area (Å²) >= 11 is 5.76. The van der Waals surface area contributed by atoms with E-state index in [-0.39, 0.29) is 11.7 Å². The number of ether oxygens (including phenoxy) is 1. The van der Waals surface area contributed by atoms with E-state index in [0.717, 1.165) is 11.1 Å². The number of phenolic OH excluding ortho intramolecular Hbond substituents is 1. The number of nitrogens with one attached hydrogen (secondary N) is 2. The summed E-state index contributed by atoms with van der Waals surface area (Å²) in [6.07, 6.45) is 13.5. The first-order valence-corrected chi connectivity index (χ1v) is 12.4. The van der Waals surface area contributed by atoms with Crippen molar-refractivity contribution in [1.29, 1.82) is 0 Å². The van der Waals surface area contributed by atoms with E-state index in [0.29, 0.717) is 23.6 Å². The molecule has 202 valence electrons. The Balaban J connectivity index is 2.69. The van der Waals surface area contributed by atoms with E-state index in [1.807, 2.05) is 39.8 Å². The molecule has 8 heteroatoms. The lowest BCUT2D eigenvalue weighted by molar-refractivity contribution is -0.129. The van der Waals surface area contributed by atoms with Crippen LogP contribution in [0, 0.1) is 5.41 Å². The van der Waals surface area contributed by atoms with E-state index >= 15 is 0 Å². The summed E-state index contributed by atoms with van der Waals surface area (Å²) in [5.41, 5.74) is 1.27. The molecule has 0 fully saturated rings. The van der Waals surface area contributed by atoms with Crippen LogP contribution in [-0.4, -0.2) is 41.3 Å². The van der Waals surface area contributed by atoms with Crippen LogP contribution < -0.4 is 15.4 Å². The molecule has 4 N–H and O–H groups in total. The number of aliphatic hydroxyl groups excluding tert-OH is 1. The fourth-order valence-corrected chi connectivity index (χ4v) is 3.24. The molecule has 0 bridgehead atoms. The van der Waals surface area contributed by atoms with Crippen molar-refractivity contribution in [3.63, 3.8) is 0 Å². The minimum absolute atomic E-state index is 0.0738. The minimum Gasteiger partial charge on any atom is -0.504 e. The van der Waals surface area contributed by atoms with E-state index in [1.54, 1.807) is 49.4 Å². The Labute approximate surface area is 225 Å². The highest BCUT2D eigenvalue weighted by atomic mass is 35.5. The number of carbonyl (C=O) groups excluding carboxylic acids is 2. The van der Waals surface area contributed by atoms with Crippen molar-refractivity contribution in [2.24, 2.45) is 5.41 Å². The largest absolute Gasteiger partial charge is 0.504 e. The van der Waals surface area contributed by atoms with Gasteiger partial charge in [0.15, 0.2) is 11.5 Å². The van der Waals surface area contributed by atoms with Crippen molar-refractivity contribution in [1.82, 2.24) is 10.6 Å². The van der Waals surface area contributed by atoms with Gasteiger partial charge in [0.2, 0.25) is 11.8 Å². The maximum atomic E-state index is 12.7. The maximum Gasteiger partial charge on any atom is 0.247 e. The molecule has 1 rings (SSSR count). The molecule has 0 unspecified atom stereocenters. The molecule has 7 nitrogen and oxygen atoms in total. The molecule has 0 heterocycles. The standard InChI is InChI=1S/C29H39ClN2O5/c1-20(18-22-14-16-24(34)25(19-22)37-6)10-7-8-12-26(35)32-27(29(3,4)5)28(36)31-17-9-11-23(33)15-13-21(2)30/h7-10,12-14,16-19,23,27,33-34H,11,15H2,1-6H3,(H,31,36)(H,32,35)/b10-7-,12-8-,17-9-,20-18+,21-13+/t23-,27-/m1/s1. The van der Waals surface area contributed by atoms with Gasteiger partial charge >= 0.3 is 0 Å². The van der Waals surface area contributed by atoms with E-state index in [2.05, 4.69) is 10.6 Å². The second kappa shape index (κ2) is 15.7. The zero-order chi connectivity index (χ0) is 28.0. The van der Waals surface area contributed by atoms with E-state index in [4.69, 9.17) is 16.3 Å². The van der Waals surface area contributed by atoms with Gasteiger partial charge in [0, 0.05) is 11.1 Å². The van der Waals surface area contributed by atoms with E-state index in [1.165, 1.54) is 19.4 Å². The van der Waals surface area contributed by atoms with Crippen molar-refractivity contribution in [2.75, 3.05) is 7.11 Å². The number of rotatable bonds is 12. The van der Waals surface area contributed by atoms with Crippen LogP contribution in [0.15, 0.2) is 71.5 Å². The molecule has 2 atom stereocenters. The molecule has 0 saturated heterocycles. The normalized spacial score (nSPS) is 14.8. The van der Waals surface area contributed by atoms with Gasteiger partial charge in [-0.15, -0.1) is 0 Å². The van der Waals surface area contributed by atoms with Crippen LogP contribution in [0.3, 0.4) is 0 Å². The van der Waals surface area contributed by atoms with Crippen molar-refractivity contribution in [3.05, 3.63) is 77.0 Å². The minimum atomic E-state index is -0.767.